The quantitative estimate of drug-likeness (QED) is 0.778. The lowest BCUT2D eigenvalue weighted by molar-refractivity contribution is 0.0957. The van der Waals surface area contributed by atoms with E-state index in [0.717, 1.165) is 11.3 Å². The van der Waals surface area contributed by atoms with Crippen LogP contribution >= 0.6 is 11.3 Å². The summed E-state index contributed by atoms with van der Waals surface area (Å²) in [6, 6.07) is 4.10. The molecule has 1 atom stereocenters. The highest BCUT2D eigenvalue weighted by Crippen LogP contribution is 2.26. The first-order valence-corrected chi connectivity index (χ1v) is 6.88. The van der Waals surface area contributed by atoms with Crippen LogP contribution in [0.15, 0.2) is 23.7 Å². The third-order valence-electron chi connectivity index (χ3n) is 3.26. The summed E-state index contributed by atoms with van der Waals surface area (Å²) in [5.74, 6) is 0. The molecular weight excluding hydrogens is 246 g/mol. The van der Waals surface area contributed by atoms with Crippen LogP contribution in [0, 0.1) is 0 Å². The Morgan fingerprint density at radius 1 is 1.56 bits per heavy atom. The molecule has 18 heavy (non-hydrogen) atoms. The Morgan fingerprint density at radius 2 is 2.33 bits per heavy atom. The summed E-state index contributed by atoms with van der Waals surface area (Å²) in [7, 11) is 0. The Labute approximate surface area is 111 Å². The summed E-state index contributed by atoms with van der Waals surface area (Å²) in [5.41, 5.74) is 1.86. The number of aromatic amines is 1. The minimum atomic E-state index is -0.408. The van der Waals surface area contributed by atoms with Gasteiger partial charge in [-0.05, 0) is 32.2 Å². The van der Waals surface area contributed by atoms with Gasteiger partial charge in [-0.15, -0.1) is 11.3 Å². The summed E-state index contributed by atoms with van der Waals surface area (Å²) in [5, 5.41) is 22.2. The molecule has 0 aliphatic carbocycles. The van der Waals surface area contributed by atoms with E-state index >= 15 is 0 Å². The highest BCUT2D eigenvalue weighted by Gasteiger charge is 2.23. The van der Waals surface area contributed by atoms with Crippen molar-refractivity contribution in [1.82, 2.24) is 15.5 Å². The molecule has 0 aromatic carbocycles. The molecule has 0 fully saturated rings. The van der Waals surface area contributed by atoms with E-state index in [2.05, 4.69) is 21.6 Å². The van der Waals surface area contributed by atoms with Crippen LogP contribution < -0.4 is 5.32 Å². The van der Waals surface area contributed by atoms with Crippen LogP contribution in [0.4, 0.5) is 0 Å². The zero-order valence-electron chi connectivity index (χ0n) is 10.9. The largest absolute Gasteiger partial charge is 0.392 e. The first-order valence-electron chi connectivity index (χ1n) is 6.00. The van der Waals surface area contributed by atoms with Gasteiger partial charge >= 0.3 is 0 Å². The number of hydrogen-bond acceptors (Lipinski definition) is 4. The second-order valence-corrected chi connectivity index (χ2v) is 5.95. The van der Waals surface area contributed by atoms with Crippen LogP contribution in [0.3, 0.4) is 0 Å². The van der Waals surface area contributed by atoms with E-state index in [1.54, 1.807) is 18.3 Å². The van der Waals surface area contributed by atoms with Crippen molar-refractivity contribution in [3.63, 3.8) is 0 Å². The maximum atomic E-state index is 9.68. The molecule has 3 N–H and O–H groups in total. The summed E-state index contributed by atoms with van der Waals surface area (Å²) in [4.78, 5) is 1.18. The van der Waals surface area contributed by atoms with Crippen molar-refractivity contribution in [2.45, 2.75) is 39.0 Å². The van der Waals surface area contributed by atoms with E-state index in [0.29, 0.717) is 6.54 Å². The molecule has 2 aromatic rings. The predicted molar refractivity (Wildman–Crippen MR) is 74.5 cm³/mol. The van der Waals surface area contributed by atoms with Gasteiger partial charge in [-0.2, -0.15) is 5.10 Å². The lowest BCUT2D eigenvalue weighted by Crippen LogP contribution is -2.47. The van der Waals surface area contributed by atoms with Crippen molar-refractivity contribution in [3.05, 3.63) is 29.3 Å². The molecule has 2 aromatic heterocycles. The van der Waals surface area contributed by atoms with Crippen molar-refractivity contribution in [3.8, 4) is 10.6 Å². The highest BCUT2D eigenvalue weighted by molar-refractivity contribution is 7.13. The molecule has 0 amide bonds. The van der Waals surface area contributed by atoms with Crippen LogP contribution in [0.5, 0.6) is 0 Å². The summed E-state index contributed by atoms with van der Waals surface area (Å²) < 4.78 is 0. The van der Waals surface area contributed by atoms with Crippen LogP contribution in [-0.2, 0) is 6.54 Å². The molecule has 0 bridgehead atoms. The standard InChI is InChI=1S/C13H19N3OS/c1-9(17)13(2,3)14-7-10-8-15-16-12(10)11-5-4-6-18-11/h4-6,8-9,14,17H,7H2,1-3H3,(H,15,16). The van der Waals surface area contributed by atoms with Gasteiger partial charge in [0.15, 0.2) is 0 Å². The molecule has 0 aliphatic heterocycles. The van der Waals surface area contributed by atoms with E-state index < -0.39 is 6.10 Å². The predicted octanol–water partition coefficient (Wildman–Crippen LogP) is 2.39. The smallest absolute Gasteiger partial charge is 0.0794 e. The monoisotopic (exact) mass is 265 g/mol. The topological polar surface area (TPSA) is 60.9 Å². The fourth-order valence-electron chi connectivity index (χ4n) is 1.55. The molecule has 1 unspecified atom stereocenters. The van der Waals surface area contributed by atoms with Crippen molar-refractivity contribution in [2.24, 2.45) is 0 Å². The van der Waals surface area contributed by atoms with E-state index in [1.165, 1.54) is 4.88 Å². The Balaban J connectivity index is 2.10. The SMILES string of the molecule is CC(O)C(C)(C)NCc1cn[nH]c1-c1cccs1. The number of thiophene rings is 1. The number of aromatic nitrogens is 2. The van der Waals surface area contributed by atoms with Crippen molar-refractivity contribution in [2.75, 3.05) is 0 Å². The van der Waals surface area contributed by atoms with Gasteiger partial charge in [-0.25, -0.2) is 0 Å². The van der Waals surface area contributed by atoms with E-state index in [4.69, 9.17) is 0 Å². The normalized spacial score (nSPS) is 13.8. The van der Waals surface area contributed by atoms with Crippen LogP contribution in [0.1, 0.15) is 26.3 Å². The number of H-pyrrole nitrogens is 1. The molecule has 0 radical (unpaired) electrons. The third kappa shape index (κ3) is 2.80. The van der Waals surface area contributed by atoms with Crippen LogP contribution in [0.2, 0.25) is 0 Å². The minimum absolute atomic E-state index is 0.315. The zero-order chi connectivity index (χ0) is 13.2. The summed E-state index contributed by atoms with van der Waals surface area (Å²) in [6.45, 7) is 6.45. The lowest BCUT2D eigenvalue weighted by Gasteiger charge is -2.29. The van der Waals surface area contributed by atoms with Gasteiger partial charge in [0.05, 0.1) is 22.9 Å². The van der Waals surface area contributed by atoms with Gasteiger partial charge in [0, 0.05) is 17.6 Å². The number of rotatable bonds is 5. The van der Waals surface area contributed by atoms with Crippen LogP contribution in [-0.4, -0.2) is 26.9 Å². The third-order valence-corrected chi connectivity index (χ3v) is 4.15. The van der Waals surface area contributed by atoms with Gasteiger partial charge in [0.2, 0.25) is 0 Å². The maximum Gasteiger partial charge on any atom is 0.0794 e. The Hall–Kier alpha value is -1.17. The number of aliphatic hydroxyl groups is 1. The molecule has 0 saturated heterocycles. The number of aliphatic hydroxyl groups excluding tert-OH is 1. The second-order valence-electron chi connectivity index (χ2n) is 5.00. The van der Waals surface area contributed by atoms with Crippen molar-refractivity contribution in [1.29, 1.82) is 0 Å². The van der Waals surface area contributed by atoms with E-state index in [-0.39, 0.29) is 5.54 Å². The molecular formula is C13H19N3OS. The number of hydrogen-bond donors (Lipinski definition) is 3. The lowest BCUT2D eigenvalue weighted by atomic mass is 9.98. The van der Waals surface area contributed by atoms with Gasteiger partial charge in [-0.3, -0.25) is 5.10 Å². The fourth-order valence-corrected chi connectivity index (χ4v) is 2.31. The number of nitrogens with zero attached hydrogens (tertiary/aromatic N) is 1. The van der Waals surface area contributed by atoms with E-state index in [9.17, 15) is 5.11 Å². The average molecular weight is 265 g/mol. The molecule has 0 aliphatic rings. The van der Waals surface area contributed by atoms with Gasteiger partial charge in [-0.1, -0.05) is 6.07 Å². The van der Waals surface area contributed by atoms with Crippen LogP contribution in [0.25, 0.3) is 10.6 Å². The van der Waals surface area contributed by atoms with Gasteiger partial charge < -0.3 is 10.4 Å². The Morgan fingerprint density at radius 3 is 2.94 bits per heavy atom. The second kappa shape index (κ2) is 5.22. The molecule has 0 spiro atoms. The molecule has 2 rings (SSSR count). The first kappa shape index (κ1) is 13.3. The average Bonchev–Trinajstić information content (AvgIpc) is 2.96. The first-order chi connectivity index (χ1) is 8.50. The fraction of sp³-hybridized carbons (Fsp3) is 0.462. The zero-order valence-corrected chi connectivity index (χ0v) is 11.7. The number of nitrogens with one attached hydrogen (secondary N) is 2. The Kier molecular flexibility index (Phi) is 3.85. The summed E-state index contributed by atoms with van der Waals surface area (Å²) in [6.07, 6.45) is 1.43. The molecule has 5 heteroatoms. The molecule has 2 heterocycles. The van der Waals surface area contributed by atoms with Crippen molar-refractivity contribution < 1.29 is 5.11 Å². The van der Waals surface area contributed by atoms with E-state index in [1.807, 2.05) is 31.5 Å². The van der Waals surface area contributed by atoms with Gasteiger partial charge in [0.1, 0.15) is 0 Å². The maximum absolute atomic E-state index is 9.68. The summed E-state index contributed by atoms with van der Waals surface area (Å²) >= 11 is 1.69. The molecule has 4 nitrogen and oxygen atoms in total. The Bertz CT molecular complexity index is 488. The molecule has 0 saturated carbocycles. The van der Waals surface area contributed by atoms with Crippen molar-refractivity contribution >= 4 is 11.3 Å². The molecule has 98 valence electrons. The minimum Gasteiger partial charge on any atom is -0.392 e. The van der Waals surface area contributed by atoms with Gasteiger partial charge in [0.25, 0.3) is 0 Å². The highest BCUT2D eigenvalue weighted by atomic mass is 32.1.